The van der Waals surface area contributed by atoms with E-state index in [-0.39, 0.29) is 0 Å². The van der Waals surface area contributed by atoms with Gasteiger partial charge in [0.2, 0.25) is 0 Å². The normalized spacial score (nSPS) is 13.2. The van der Waals surface area contributed by atoms with Gasteiger partial charge < -0.3 is 10.3 Å². The van der Waals surface area contributed by atoms with Crippen molar-refractivity contribution >= 4 is 10.9 Å². The fraction of sp³-hybridized carbons (Fsp3) is 0.385. The molecular weight excluding hydrogens is 184 g/mol. The number of hydrogen-bond acceptors (Lipinski definition) is 1. The zero-order valence-corrected chi connectivity index (χ0v) is 9.38. The van der Waals surface area contributed by atoms with E-state index in [0.717, 1.165) is 13.0 Å². The topological polar surface area (TPSA) is 27.8 Å². The third-order valence-corrected chi connectivity index (χ3v) is 2.75. The summed E-state index contributed by atoms with van der Waals surface area (Å²) in [7, 11) is 0. The van der Waals surface area contributed by atoms with E-state index < -0.39 is 0 Å². The highest BCUT2D eigenvalue weighted by Gasteiger charge is 2.06. The van der Waals surface area contributed by atoms with Gasteiger partial charge in [-0.25, -0.2) is 0 Å². The van der Waals surface area contributed by atoms with Crippen LogP contribution in [0.15, 0.2) is 30.5 Å². The summed E-state index contributed by atoms with van der Waals surface area (Å²) in [5.74, 6) is 0. The van der Waals surface area contributed by atoms with Gasteiger partial charge in [-0.1, -0.05) is 25.1 Å². The molecule has 1 atom stereocenters. The molecule has 80 valence electrons. The molecule has 0 saturated carbocycles. The lowest BCUT2D eigenvalue weighted by molar-refractivity contribution is 0.567. The van der Waals surface area contributed by atoms with Crippen LogP contribution in [-0.4, -0.2) is 17.6 Å². The molecule has 1 unspecified atom stereocenters. The SMILES string of the molecule is CCNC(C)Cc1c[nH]c2ccccc12. The number of H-pyrrole nitrogens is 1. The molecule has 1 aromatic carbocycles. The predicted octanol–water partition coefficient (Wildman–Crippen LogP) is 2.71. The van der Waals surface area contributed by atoms with E-state index in [1.54, 1.807) is 0 Å². The van der Waals surface area contributed by atoms with E-state index in [4.69, 9.17) is 0 Å². The second-order valence-electron chi connectivity index (χ2n) is 4.02. The fourth-order valence-electron chi connectivity index (χ4n) is 2.05. The quantitative estimate of drug-likeness (QED) is 0.784. The molecule has 2 rings (SSSR count). The smallest absolute Gasteiger partial charge is 0.0456 e. The van der Waals surface area contributed by atoms with Crippen LogP contribution in [-0.2, 0) is 6.42 Å². The molecule has 2 N–H and O–H groups in total. The van der Waals surface area contributed by atoms with Crippen molar-refractivity contribution in [3.63, 3.8) is 0 Å². The van der Waals surface area contributed by atoms with Gasteiger partial charge in [-0.15, -0.1) is 0 Å². The summed E-state index contributed by atoms with van der Waals surface area (Å²) in [4.78, 5) is 3.31. The number of para-hydroxylation sites is 1. The summed E-state index contributed by atoms with van der Waals surface area (Å²) in [5.41, 5.74) is 2.63. The molecule has 2 aromatic rings. The maximum atomic E-state index is 3.43. The van der Waals surface area contributed by atoms with E-state index in [1.165, 1.54) is 16.5 Å². The van der Waals surface area contributed by atoms with Crippen LogP contribution >= 0.6 is 0 Å². The highest BCUT2D eigenvalue weighted by Crippen LogP contribution is 2.18. The highest BCUT2D eigenvalue weighted by atomic mass is 14.9. The van der Waals surface area contributed by atoms with E-state index in [9.17, 15) is 0 Å². The van der Waals surface area contributed by atoms with Crippen LogP contribution in [0.25, 0.3) is 10.9 Å². The van der Waals surface area contributed by atoms with Crippen LogP contribution in [0.4, 0.5) is 0 Å². The molecule has 0 saturated heterocycles. The van der Waals surface area contributed by atoms with Crippen molar-refractivity contribution in [2.45, 2.75) is 26.3 Å². The van der Waals surface area contributed by atoms with Gasteiger partial charge in [0.05, 0.1) is 0 Å². The molecule has 2 heteroatoms. The van der Waals surface area contributed by atoms with Gasteiger partial charge in [-0.05, 0) is 31.5 Å². The molecule has 0 aliphatic carbocycles. The first-order valence-corrected chi connectivity index (χ1v) is 5.59. The van der Waals surface area contributed by atoms with Crippen LogP contribution in [0, 0.1) is 0 Å². The standard InChI is InChI=1S/C13H18N2/c1-3-14-10(2)8-11-9-15-13-7-5-4-6-12(11)13/h4-7,9-10,14-15H,3,8H2,1-2H3. The molecule has 15 heavy (non-hydrogen) atoms. The second-order valence-corrected chi connectivity index (χ2v) is 4.02. The van der Waals surface area contributed by atoms with Gasteiger partial charge in [-0.3, -0.25) is 0 Å². The summed E-state index contributed by atoms with van der Waals surface area (Å²) in [6.07, 6.45) is 3.20. The van der Waals surface area contributed by atoms with Crippen molar-refractivity contribution in [3.05, 3.63) is 36.0 Å². The predicted molar refractivity (Wildman–Crippen MR) is 65.1 cm³/mol. The van der Waals surface area contributed by atoms with Gasteiger partial charge in [0.1, 0.15) is 0 Å². The Kier molecular flexibility index (Phi) is 3.07. The lowest BCUT2D eigenvalue weighted by Crippen LogP contribution is -2.27. The fourth-order valence-corrected chi connectivity index (χ4v) is 2.05. The van der Waals surface area contributed by atoms with Crippen molar-refractivity contribution in [2.24, 2.45) is 0 Å². The first kappa shape index (κ1) is 10.2. The maximum absolute atomic E-state index is 3.43. The highest BCUT2D eigenvalue weighted by molar-refractivity contribution is 5.83. The minimum Gasteiger partial charge on any atom is -0.361 e. The zero-order chi connectivity index (χ0) is 10.7. The lowest BCUT2D eigenvalue weighted by Gasteiger charge is -2.10. The van der Waals surface area contributed by atoms with Gasteiger partial charge >= 0.3 is 0 Å². The summed E-state index contributed by atoms with van der Waals surface area (Å²) in [6.45, 7) is 5.40. The Morgan fingerprint density at radius 2 is 2.13 bits per heavy atom. The molecule has 0 aliphatic rings. The molecule has 0 fully saturated rings. The van der Waals surface area contributed by atoms with E-state index in [2.05, 4.69) is 54.6 Å². The summed E-state index contributed by atoms with van der Waals surface area (Å²) < 4.78 is 0. The van der Waals surface area contributed by atoms with E-state index >= 15 is 0 Å². The second kappa shape index (κ2) is 4.49. The number of benzene rings is 1. The number of rotatable bonds is 4. The monoisotopic (exact) mass is 202 g/mol. The third kappa shape index (κ3) is 2.21. The Bertz CT molecular complexity index is 431. The third-order valence-electron chi connectivity index (χ3n) is 2.75. The Morgan fingerprint density at radius 3 is 2.93 bits per heavy atom. The number of nitrogens with one attached hydrogen (secondary N) is 2. The first-order chi connectivity index (χ1) is 7.31. The Labute approximate surface area is 90.7 Å². The largest absolute Gasteiger partial charge is 0.361 e. The summed E-state index contributed by atoms with van der Waals surface area (Å²) in [5, 5.41) is 4.78. The molecule has 2 nitrogen and oxygen atoms in total. The van der Waals surface area contributed by atoms with Gasteiger partial charge in [-0.2, -0.15) is 0 Å². The molecule has 0 amide bonds. The Morgan fingerprint density at radius 1 is 1.33 bits per heavy atom. The number of fused-ring (bicyclic) bond motifs is 1. The van der Waals surface area contributed by atoms with Crippen LogP contribution in [0.3, 0.4) is 0 Å². The molecule has 0 aliphatic heterocycles. The average molecular weight is 202 g/mol. The van der Waals surface area contributed by atoms with Gasteiger partial charge in [0.15, 0.2) is 0 Å². The summed E-state index contributed by atoms with van der Waals surface area (Å²) >= 11 is 0. The van der Waals surface area contributed by atoms with Crippen molar-refractivity contribution in [3.8, 4) is 0 Å². The van der Waals surface area contributed by atoms with Crippen LogP contribution < -0.4 is 5.32 Å². The van der Waals surface area contributed by atoms with Crippen LogP contribution in [0.1, 0.15) is 19.4 Å². The molecular formula is C13H18N2. The van der Waals surface area contributed by atoms with Crippen molar-refractivity contribution in [2.75, 3.05) is 6.54 Å². The molecule has 1 aromatic heterocycles. The summed E-state index contributed by atoms with van der Waals surface area (Å²) in [6, 6.07) is 9.00. The first-order valence-electron chi connectivity index (χ1n) is 5.59. The Balaban J connectivity index is 2.21. The number of likely N-dealkylation sites (N-methyl/N-ethyl adjacent to an activating group) is 1. The maximum Gasteiger partial charge on any atom is 0.0456 e. The lowest BCUT2D eigenvalue weighted by atomic mass is 10.1. The average Bonchev–Trinajstić information content (AvgIpc) is 2.62. The minimum absolute atomic E-state index is 0.536. The molecule has 0 radical (unpaired) electrons. The van der Waals surface area contributed by atoms with Crippen LogP contribution in [0.5, 0.6) is 0 Å². The number of aromatic amines is 1. The number of hydrogen-bond donors (Lipinski definition) is 2. The van der Waals surface area contributed by atoms with Crippen molar-refractivity contribution < 1.29 is 0 Å². The van der Waals surface area contributed by atoms with Crippen LogP contribution in [0.2, 0.25) is 0 Å². The van der Waals surface area contributed by atoms with Gasteiger partial charge in [0.25, 0.3) is 0 Å². The minimum atomic E-state index is 0.536. The van der Waals surface area contributed by atoms with E-state index in [1.807, 2.05) is 0 Å². The molecule has 0 spiro atoms. The zero-order valence-electron chi connectivity index (χ0n) is 9.38. The number of aromatic nitrogens is 1. The molecule has 1 heterocycles. The molecule has 0 bridgehead atoms. The van der Waals surface area contributed by atoms with Crippen molar-refractivity contribution in [1.82, 2.24) is 10.3 Å². The van der Waals surface area contributed by atoms with Gasteiger partial charge in [0, 0.05) is 23.1 Å². The Hall–Kier alpha value is -1.28. The van der Waals surface area contributed by atoms with Crippen molar-refractivity contribution in [1.29, 1.82) is 0 Å². The van der Waals surface area contributed by atoms with E-state index in [0.29, 0.717) is 6.04 Å².